The number of rotatable bonds is 66. The van der Waals surface area contributed by atoms with Crippen molar-refractivity contribution in [2.45, 2.75) is 356 Å². The second kappa shape index (κ2) is 58.8. The molecule has 19 heteroatoms. The molecule has 0 saturated carbocycles. The Bertz CT molecular complexity index is 1750. The predicted molar refractivity (Wildman–Crippen MR) is 354 cm³/mol. The number of hydrogen-bond donors (Lipinski definition) is 3. The van der Waals surface area contributed by atoms with Crippen molar-refractivity contribution in [2.24, 2.45) is 23.7 Å². The van der Waals surface area contributed by atoms with Gasteiger partial charge in [-0.05, 0) is 49.4 Å². The SMILES string of the molecule is CCC(C)CCCCCCCCCCC(=O)O[C@H](COC(=O)CCCCCCCCC(C)C)COP(=O)(O)OC[C@H](O)COP(=O)(O)OC[C@@H](COC(=O)CCCCCCCCC(C)CC)OC(=O)CCCCCCCCCCCCCCCCC(C)C. The number of unbranched alkanes of at least 4 members (excludes halogenated alkanes) is 30. The van der Waals surface area contributed by atoms with Gasteiger partial charge in [-0.25, -0.2) is 9.13 Å². The first-order chi connectivity index (χ1) is 42.2. The highest BCUT2D eigenvalue weighted by Crippen LogP contribution is 2.45. The first-order valence-electron chi connectivity index (χ1n) is 35.8. The maximum absolute atomic E-state index is 13.0. The zero-order valence-electron chi connectivity index (χ0n) is 57.3. The summed E-state index contributed by atoms with van der Waals surface area (Å²) in [7, 11) is -9.90. The number of aliphatic hydroxyl groups is 1. The molecule has 522 valence electrons. The van der Waals surface area contributed by atoms with Gasteiger partial charge in [0.05, 0.1) is 26.4 Å². The van der Waals surface area contributed by atoms with E-state index in [1.807, 2.05) is 0 Å². The molecule has 0 aliphatic carbocycles. The molecule has 0 amide bonds. The van der Waals surface area contributed by atoms with Crippen LogP contribution < -0.4 is 0 Å². The van der Waals surface area contributed by atoms with Crippen LogP contribution in [-0.2, 0) is 65.4 Å². The van der Waals surface area contributed by atoms with Crippen LogP contribution in [0.3, 0.4) is 0 Å². The Morgan fingerprint density at radius 1 is 0.318 bits per heavy atom. The molecule has 4 unspecified atom stereocenters. The number of hydrogen-bond acceptors (Lipinski definition) is 15. The van der Waals surface area contributed by atoms with Gasteiger partial charge in [0.25, 0.3) is 0 Å². The van der Waals surface area contributed by atoms with Gasteiger partial charge in [0.1, 0.15) is 19.3 Å². The summed E-state index contributed by atoms with van der Waals surface area (Å²) in [6.07, 6.45) is 40.5. The minimum atomic E-state index is -4.95. The lowest BCUT2D eigenvalue weighted by atomic mass is 9.99. The highest BCUT2D eigenvalue weighted by molar-refractivity contribution is 7.47. The Balaban J connectivity index is 5.23. The predicted octanol–water partition coefficient (Wildman–Crippen LogP) is 19.3. The molecule has 0 bridgehead atoms. The molecule has 7 atom stereocenters. The van der Waals surface area contributed by atoms with Gasteiger partial charge in [-0.1, -0.05) is 287 Å². The fourth-order valence-corrected chi connectivity index (χ4v) is 11.8. The largest absolute Gasteiger partial charge is 0.472 e. The van der Waals surface area contributed by atoms with Crippen LogP contribution in [0.2, 0.25) is 0 Å². The van der Waals surface area contributed by atoms with E-state index < -0.39 is 97.5 Å². The minimum Gasteiger partial charge on any atom is -0.462 e. The molecule has 0 rings (SSSR count). The summed E-state index contributed by atoms with van der Waals surface area (Å²) < 4.78 is 68.2. The van der Waals surface area contributed by atoms with Crippen LogP contribution in [0.1, 0.15) is 338 Å². The lowest BCUT2D eigenvalue weighted by molar-refractivity contribution is -0.161. The van der Waals surface area contributed by atoms with Crippen LogP contribution in [0.25, 0.3) is 0 Å². The highest BCUT2D eigenvalue weighted by Gasteiger charge is 2.30. The minimum absolute atomic E-state index is 0.103. The zero-order valence-corrected chi connectivity index (χ0v) is 59.1. The first-order valence-corrected chi connectivity index (χ1v) is 38.8. The Morgan fingerprint density at radius 3 is 0.807 bits per heavy atom. The van der Waals surface area contributed by atoms with E-state index in [1.54, 1.807) is 0 Å². The molecule has 0 heterocycles. The van der Waals surface area contributed by atoms with Gasteiger partial charge in [0.2, 0.25) is 0 Å². The van der Waals surface area contributed by atoms with Crippen molar-refractivity contribution in [1.82, 2.24) is 0 Å². The van der Waals surface area contributed by atoms with Crippen LogP contribution >= 0.6 is 15.6 Å². The molecule has 0 saturated heterocycles. The number of phosphoric acid groups is 2. The van der Waals surface area contributed by atoms with Crippen LogP contribution in [0.15, 0.2) is 0 Å². The molecule has 0 aliphatic rings. The maximum Gasteiger partial charge on any atom is 0.472 e. The van der Waals surface area contributed by atoms with Gasteiger partial charge in [0.15, 0.2) is 12.2 Å². The number of esters is 4. The monoisotopic (exact) mass is 1300 g/mol. The smallest absolute Gasteiger partial charge is 0.462 e. The average Bonchev–Trinajstić information content (AvgIpc) is 3.66. The normalized spacial score (nSPS) is 14.9. The molecule has 0 radical (unpaired) electrons. The summed E-state index contributed by atoms with van der Waals surface area (Å²) >= 11 is 0. The maximum atomic E-state index is 13.0. The van der Waals surface area contributed by atoms with Crippen molar-refractivity contribution >= 4 is 39.5 Å². The lowest BCUT2D eigenvalue weighted by Crippen LogP contribution is -2.30. The Labute approximate surface area is 537 Å². The molecule has 88 heavy (non-hydrogen) atoms. The molecule has 3 N–H and O–H groups in total. The number of carbonyl (C=O) groups excluding carboxylic acids is 4. The molecule has 0 spiro atoms. The third kappa shape index (κ3) is 60.3. The Morgan fingerprint density at radius 2 is 0.545 bits per heavy atom. The van der Waals surface area contributed by atoms with Crippen molar-refractivity contribution < 1.29 is 80.2 Å². The van der Waals surface area contributed by atoms with E-state index in [4.69, 9.17) is 37.0 Å². The first kappa shape index (κ1) is 86.1. The molecule has 17 nitrogen and oxygen atoms in total. The van der Waals surface area contributed by atoms with Crippen LogP contribution in [0, 0.1) is 23.7 Å². The van der Waals surface area contributed by atoms with Gasteiger partial charge in [-0.3, -0.25) is 37.3 Å². The van der Waals surface area contributed by atoms with Gasteiger partial charge in [-0.15, -0.1) is 0 Å². The quantitative estimate of drug-likeness (QED) is 0.0222. The van der Waals surface area contributed by atoms with Gasteiger partial charge >= 0.3 is 39.5 Å². The van der Waals surface area contributed by atoms with Crippen LogP contribution in [-0.4, -0.2) is 96.7 Å². The molecule has 0 aromatic heterocycles. The second-order valence-electron chi connectivity index (χ2n) is 26.4. The number of carbonyl (C=O) groups is 4. The second-order valence-corrected chi connectivity index (χ2v) is 29.3. The summed E-state index contributed by atoms with van der Waals surface area (Å²) in [5.74, 6) is 0.840. The molecule has 0 fully saturated rings. The lowest BCUT2D eigenvalue weighted by Gasteiger charge is -2.21. The van der Waals surface area contributed by atoms with Crippen molar-refractivity contribution in [3.63, 3.8) is 0 Å². The summed E-state index contributed by atoms with van der Waals surface area (Å²) in [4.78, 5) is 72.4. The van der Waals surface area contributed by atoms with E-state index in [1.165, 1.54) is 128 Å². The third-order valence-electron chi connectivity index (χ3n) is 16.5. The van der Waals surface area contributed by atoms with Crippen molar-refractivity contribution in [2.75, 3.05) is 39.6 Å². The molecular formula is C69H134O17P2. The van der Waals surface area contributed by atoms with Gasteiger partial charge in [0, 0.05) is 25.7 Å². The molecular weight excluding hydrogens is 1160 g/mol. The number of phosphoric ester groups is 2. The number of ether oxygens (including phenoxy) is 4. The van der Waals surface area contributed by atoms with Crippen molar-refractivity contribution in [3.05, 3.63) is 0 Å². The summed E-state index contributed by atoms with van der Waals surface area (Å²) in [5, 5.41) is 10.6. The standard InChI is InChI=1S/C69H134O17P2/c1-9-61(7)47-39-31-22-19-20-24-36-44-52-69(74)86-64(55-79-66(71)49-41-33-27-25-30-38-46-60(5)6)57-83-87(75,76)81-53-63(70)54-82-88(77,78)84-58-65(56-80-67(72)50-42-34-28-26-32-40-48-62(8)10-2)85-68(73)51-43-35-23-18-16-14-12-11-13-15-17-21-29-37-45-59(3)4/h59-65,70H,9-58H2,1-8H3,(H,75,76)(H,77,78)/t61?,62?,63-,64+,65+/m0/s1. The van der Waals surface area contributed by atoms with Gasteiger partial charge < -0.3 is 33.8 Å². The van der Waals surface area contributed by atoms with E-state index in [-0.39, 0.29) is 25.7 Å². The van der Waals surface area contributed by atoms with Crippen molar-refractivity contribution in [3.8, 4) is 0 Å². The molecule has 0 aromatic rings. The van der Waals surface area contributed by atoms with Gasteiger partial charge in [-0.2, -0.15) is 0 Å². The van der Waals surface area contributed by atoms with E-state index >= 15 is 0 Å². The third-order valence-corrected chi connectivity index (χ3v) is 18.4. The molecule has 0 aromatic carbocycles. The van der Waals surface area contributed by atoms with Crippen LogP contribution in [0.5, 0.6) is 0 Å². The topological polar surface area (TPSA) is 237 Å². The Kier molecular flexibility index (Phi) is 57.6. The zero-order chi connectivity index (χ0) is 65.4. The molecule has 0 aliphatic heterocycles. The summed E-state index contributed by atoms with van der Waals surface area (Å²) in [5.41, 5.74) is 0. The highest BCUT2D eigenvalue weighted by atomic mass is 31.2. The summed E-state index contributed by atoms with van der Waals surface area (Å²) in [6, 6.07) is 0. The van der Waals surface area contributed by atoms with Crippen molar-refractivity contribution in [1.29, 1.82) is 0 Å². The Hall–Kier alpha value is -1.94. The fourth-order valence-electron chi connectivity index (χ4n) is 10.2. The van der Waals surface area contributed by atoms with Crippen LogP contribution in [0.4, 0.5) is 0 Å². The van der Waals surface area contributed by atoms with E-state index in [9.17, 15) is 43.2 Å². The number of aliphatic hydroxyl groups excluding tert-OH is 1. The average molecular weight is 1300 g/mol. The summed E-state index contributed by atoms with van der Waals surface area (Å²) in [6.45, 7) is 14.0. The van der Waals surface area contributed by atoms with E-state index in [2.05, 4.69) is 55.4 Å². The van der Waals surface area contributed by atoms with E-state index in [0.717, 1.165) is 120 Å². The fraction of sp³-hybridized carbons (Fsp3) is 0.942. The van der Waals surface area contributed by atoms with E-state index in [0.29, 0.717) is 31.6 Å².